The number of ketones is 1. The van der Waals surface area contributed by atoms with Crippen LogP contribution in [-0.2, 0) is 4.79 Å². The molecule has 0 aliphatic rings. The number of aryl methyl sites for hydroxylation is 1. The van der Waals surface area contributed by atoms with Crippen LogP contribution < -0.4 is 11.5 Å². The number of nitrogen functional groups attached to an aromatic ring is 1. The number of hydrogen-bond acceptors (Lipinski definition) is 4. The Morgan fingerprint density at radius 2 is 2.06 bits per heavy atom. The molecule has 1 aromatic rings. The fourth-order valence-electron chi connectivity index (χ4n) is 1.31. The number of anilines is 1. The highest BCUT2D eigenvalue weighted by atomic mass is 16.4. The predicted octanol–water partition coefficient (Wildman–Crippen LogP) is 0.562. The molecule has 0 unspecified atom stereocenters. The molecule has 0 spiro atoms. The highest BCUT2D eigenvalue weighted by molar-refractivity contribution is 6.02. The molecule has 0 saturated heterocycles. The van der Waals surface area contributed by atoms with Crippen LogP contribution in [0.3, 0.4) is 0 Å². The molecule has 0 aliphatic heterocycles. The molecule has 0 aromatic heterocycles. The van der Waals surface area contributed by atoms with Crippen LogP contribution in [0.5, 0.6) is 0 Å². The molecule has 0 bridgehead atoms. The lowest BCUT2D eigenvalue weighted by molar-refractivity contribution is -0.138. The standard InChI is InChI=1S/C11H14N2O3/c1-6-2-3-8(12)7(4-6)10(14)5-9(13)11(15)16/h2-4,9H,5,12-13H2,1H3,(H,15,16)/t9-/m1/s1. The van der Waals surface area contributed by atoms with Gasteiger partial charge in [0.05, 0.1) is 0 Å². The van der Waals surface area contributed by atoms with E-state index in [4.69, 9.17) is 16.6 Å². The zero-order chi connectivity index (χ0) is 12.3. The minimum atomic E-state index is -1.19. The van der Waals surface area contributed by atoms with E-state index in [0.29, 0.717) is 11.3 Å². The number of carboxylic acid groups (broad SMARTS) is 1. The van der Waals surface area contributed by atoms with Crippen molar-refractivity contribution in [1.82, 2.24) is 0 Å². The fraction of sp³-hybridized carbons (Fsp3) is 0.273. The van der Waals surface area contributed by atoms with Gasteiger partial charge in [0.1, 0.15) is 6.04 Å². The van der Waals surface area contributed by atoms with E-state index >= 15 is 0 Å². The number of aliphatic carboxylic acids is 1. The Balaban J connectivity index is 2.88. The van der Waals surface area contributed by atoms with E-state index in [1.165, 1.54) is 0 Å². The van der Waals surface area contributed by atoms with Gasteiger partial charge in [-0.1, -0.05) is 11.6 Å². The average Bonchev–Trinajstić information content (AvgIpc) is 2.21. The van der Waals surface area contributed by atoms with E-state index < -0.39 is 12.0 Å². The molecule has 0 aliphatic carbocycles. The number of carbonyl (C=O) groups excluding carboxylic acids is 1. The van der Waals surface area contributed by atoms with Crippen molar-refractivity contribution in [2.45, 2.75) is 19.4 Å². The molecule has 16 heavy (non-hydrogen) atoms. The van der Waals surface area contributed by atoms with Crippen molar-refractivity contribution < 1.29 is 14.7 Å². The third-order valence-corrected chi connectivity index (χ3v) is 2.23. The van der Waals surface area contributed by atoms with Gasteiger partial charge < -0.3 is 16.6 Å². The van der Waals surface area contributed by atoms with Crippen LogP contribution in [0.2, 0.25) is 0 Å². The van der Waals surface area contributed by atoms with Crippen molar-refractivity contribution in [3.63, 3.8) is 0 Å². The van der Waals surface area contributed by atoms with Crippen LogP contribution in [-0.4, -0.2) is 22.9 Å². The number of benzene rings is 1. The van der Waals surface area contributed by atoms with Gasteiger partial charge in [-0.3, -0.25) is 9.59 Å². The largest absolute Gasteiger partial charge is 0.480 e. The van der Waals surface area contributed by atoms with Crippen molar-refractivity contribution in [2.24, 2.45) is 5.73 Å². The fourth-order valence-corrected chi connectivity index (χ4v) is 1.31. The number of carboxylic acids is 1. The van der Waals surface area contributed by atoms with Crippen molar-refractivity contribution in [3.8, 4) is 0 Å². The Labute approximate surface area is 93.1 Å². The van der Waals surface area contributed by atoms with Gasteiger partial charge in [0, 0.05) is 17.7 Å². The molecule has 0 heterocycles. The highest BCUT2D eigenvalue weighted by Crippen LogP contribution is 2.16. The number of rotatable bonds is 4. The Morgan fingerprint density at radius 1 is 1.44 bits per heavy atom. The summed E-state index contributed by atoms with van der Waals surface area (Å²) in [6.45, 7) is 1.83. The summed E-state index contributed by atoms with van der Waals surface area (Å²) in [6, 6.07) is 3.84. The second kappa shape index (κ2) is 4.76. The number of carbonyl (C=O) groups is 2. The summed E-state index contributed by atoms with van der Waals surface area (Å²) in [7, 11) is 0. The molecule has 86 valence electrons. The summed E-state index contributed by atoms with van der Waals surface area (Å²) in [5, 5.41) is 8.59. The zero-order valence-electron chi connectivity index (χ0n) is 8.93. The minimum Gasteiger partial charge on any atom is -0.480 e. The van der Waals surface area contributed by atoms with Crippen LogP contribution in [0.1, 0.15) is 22.3 Å². The second-order valence-electron chi connectivity index (χ2n) is 3.66. The average molecular weight is 222 g/mol. The maximum absolute atomic E-state index is 11.7. The van der Waals surface area contributed by atoms with Crippen LogP contribution in [0.15, 0.2) is 18.2 Å². The third-order valence-electron chi connectivity index (χ3n) is 2.23. The van der Waals surface area contributed by atoms with Gasteiger partial charge >= 0.3 is 5.97 Å². The van der Waals surface area contributed by atoms with Gasteiger partial charge in [-0.2, -0.15) is 0 Å². The number of nitrogens with two attached hydrogens (primary N) is 2. The van der Waals surface area contributed by atoms with Crippen LogP contribution in [0, 0.1) is 6.92 Å². The van der Waals surface area contributed by atoms with Crippen LogP contribution in [0.4, 0.5) is 5.69 Å². The lowest BCUT2D eigenvalue weighted by Gasteiger charge is -2.08. The molecular formula is C11H14N2O3. The van der Waals surface area contributed by atoms with Gasteiger partial charge in [0.15, 0.2) is 5.78 Å². The first-order valence-electron chi connectivity index (χ1n) is 4.79. The van der Waals surface area contributed by atoms with Crippen LogP contribution in [0.25, 0.3) is 0 Å². The molecule has 0 saturated carbocycles. The quantitative estimate of drug-likeness (QED) is 0.509. The summed E-state index contributed by atoms with van der Waals surface area (Å²) in [4.78, 5) is 22.2. The molecule has 1 atom stereocenters. The molecule has 0 fully saturated rings. The predicted molar refractivity (Wildman–Crippen MR) is 60.2 cm³/mol. The van der Waals surface area contributed by atoms with E-state index in [-0.39, 0.29) is 12.2 Å². The first-order chi connectivity index (χ1) is 7.41. The van der Waals surface area contributed by atoms with Gasteiger partial charge in [0.25, 0.3) is 0 Å². The van der Waals surface area contributed by atoms with E-state index in [1.54, 1.807) is 18.2 Å². The maximum Gasteiger partial charge on any atom is 0.320 e. The summed E-state index contributed by atoms with van der Waals surface area (Å²) in [5.74, 6) is -1.55. The molecule has 1 rings (SSSR count). The normalized spacial score (nSPS) is 12.1. The topological polar surface area (TPSA) is 106 Å². The molecule has 1 aromatic carbocycles. The molecule has 5 N–H and O–H groups in total. The molecule has 0 radical (unpaired) electrons. The number of hydrogen-bond donors (Lipinski definition) is 3. The lowest BCUT2D eigenvalue weighted by Crippen LogP contribution is -2.32. The molecule has 5 nitrogen and oxygen atoms in total. The van der Waals surface area contributed by atoms with Crippen molar-refractivity contribution in [1.29, 1.82) is 0 Å². The SMILES string of the molecule is Cc1ccc(N)c(C(=O)C[C@@H](N)C(=O)O)c1. The summed E-state index contributed by atoms with van der Waals surface area (Å²) in [5.41, 5.74) is 12.5. The summed E-state index contributed by atoms with van der Waals surface area (Å²) in [6.07, 6.45) is -0.247. The third kappa shape index (κ3) is 2.80. The van der Waals surface area contributed by atoms with E-state index in [9.17, 15) is 9.59 Å². The highest BCUT2D eigenvalue weighted by Gasteiger charge is 2.18. The number of Topliss-reactive ketones (excluding diaryl/α,β-unsaturated/α-hetero) is 1. The Hall–Kier alpha value is -1.88. The van der Waals surface area contributed by atoms with Crippen LogP contribution >= 0.6 is 0 Å². The summed E-state index contributed by atoms with van der Waals surface area (Å²) >= 11 is 0. The van der Waals surface area contributed by atoms with Gasteiger partial charge in [0.2, 0.25) is 0 Å². The zero-order valence-corrected chi connectivity index (χ0v) is 8.93. The van der Waals surface area contributed by atoms with Gasteiger partial charge in [-0.15, -0.1) is 0 Å². The lowest BCUT2D eigenvalue weighted by atomic mass is 10.0. The van der Waals surface area contributed by atoms with E-state index in [0.717, 1.165) is 5.56 Å². The van der Waals surface area contributed by atoms with Gasteiger partial charge in [-0.25, -0.2) is 0 Å². The Morgan fingerprint density at radius 3 is 2.62 bits per heavy atom. The molecular weight excluding hydrogens is 208 g/mol. The smallest absolute Gasteiger partial charge is 0.320 e. The second-order valence-corrected chi connectivity index (χ2v) is 3.66. The minimum absolute atomic E-state index is 0.247. The van der Waals surface area contributed by atoms with Crippen molar-refractivity contribution >= 4 is 17.4 Å². The Kier molecular flexibility index (Phi) is 3.63. The van der Waals surface area contributed by atoms with Crippen molar-refractivity contribution in [2.75, 3.05) is 5.73 Å². The first kappa shape index (κ1) is 12.2. The Bertz CT molecular complexity index is 429. The van der Waals surface area contributed by atoms with Crippen molar-refractivity contribution in [3.05, 3.63) is 29.3 Å². The van der Waals surface area contributed by atoms with Gasteiger partial charge in [-0.05, 0) is 19.1 Å². The maximum atomic E-state index is 11.7. The molecule has 5 heteroatoms. The van der Waals surface area contributed by atoms with E-state index in [1.807, 2.05) is 6.92 Å². The monoisotopic (exact) mass is 222 g/mol. The first-order valence-corrected chi connectivity index (χ1v) is 4.79. The summed E-state index contributed by atoms with van der Waals surface area (Å²) < 4.78 is 0. The molecule has 0 amide bonds. The van der Waals surface area contributed by atoms with E-state index in [2.05, 4.69) is 0 Å².